The molecule has 0 fully saturated rings. The summed E-state index contributed by atoms with van der Waals surface area (Å²) >= 11 is 4.28. The first-order valence-corrected chi connectivity index (χ1v) is 12.0. The first kappa shape index (κ1) is 22.3. The summed E-state index contributed by atoms with van der Waals surface area (Å²) in [5.74, 6) is 0.192. The summed E-state index contributed by atoms with van der Waals surface area (Å²) in [5.41, 5.74) is 1.37. The van der Waals surface area contributed by atoms with Gasteiger partial charge in [-0.25, -0.2) is 4.79 Å². The van der Waals surface area contributed by atoms with Crippen LogP contribution < -0.4 is 5.32 Å². The van der Waals surface area contributed by atoms with Gasteiger partial charge in [0, 0.05) is 22.4 Å². The minimum atomic E-state index is -0.479. The molecule has 10 heteroatoms. The van der Waals surface area contributed by atoms with E-state index in [2.05, 4.69) is 40.5 Å². The standard InChI is InChI=1S/C20H22N4O3S3/c1-4-6-14-10-13(11-29-14)17-22-23-20(24(17)8-5-2)30-12-16(25)21-18-15(7-9-28-18)19(26)27-3/h5,7,9-11H,2,4,6,8,12H2,1,3H3,(H,21,25). The summed E-state index contributed by atoms with van der Waals surface area (Å²) < 4.78 is 6.68. The Morgan fingerprint density at radius 3 is 2.93 bits per heavy atom. The van der Waals surface area contributed by atoms with Gasteiger partial charge in [0.15, 0.2) is 11.0 Å². The van der Waals surface area contributed by atoms with Crippen molar-refractivity contribution in [3.63, 3.8) is 0 Å². The molecule has 158 valence electrons. The van der Waals surface area contributed by atoms with Crippen LogP contribution in [0.1, 0.15) is 28.6 Å². The number of hydrogen-bond donors (Lipinski definition) is 1. The van der Waals surface area contributed by atoms with E-state index in [1.54, 1.807) is 28.9 Å². The third-order valence-corrected chi connectivity index (χ3v) is 6.89. The number of hydrogen-bond acceptors (Lipinski definition) is 8. The summed E-state index contributed by atoms with van der Waals surface area (Å²) in [6.45, 7) is 6.52. The summed E-state index contributed by atoms with van der Waals surface area (Å²) in [6.07, 6.45) is 3.92. The van der Waals surface area contributed by atoms with Crippen molar-refractivity contribution in [1.29, 1.82) is 0 Å². The zero-order chi connectivity index (χ0) is 21.5. The molecule has 3 rings (SSSR count). The van der Waals surface area contributed by atoms with Crippen molar-refractivity contribution in [2.24, 2.45) is 0 Å². The van der Waals surface area contributed by atoms with Crippen LogP contribution >= 0.6 is 34.4 Å². The Morgan fingerprint density at radius 2 is 2.20 bits per heavy atom. The number of ether oxygens (including phenoxy) is 1. The average molecular weight is 463 g/mol. The fourth-order valence-electron chi connectivity index (χ4n) is 2.75. The van der Waals surface area contributed by atoms with Gasteiger partial charge in [0.25, 0.3) is 0 Å². The van der Waals surface area contributed by atoms with Crippen LogP contribution in [0, 0.1) is 0 Å². The first-order chi connectivity index (χ1) is 14.6. The number of aryl methyl sites for hydroxylation is 1. The van der Waals surface area contributed by atoms with Crippen LogP contribution in [0.15, 0.2) is 40.7 Å². The molecule has 3 aromatic rings. The van der Waals surface area contributed by atoms with E-state index in [0.29, 0.717) is 22.3 Å². The Kier molecular flexibility index (Phi) is 7.83. The molecular weight excluding hydrogens is 440 g/mol. The van der Waals surface area contributed by atoms with Gasteiger partial charge in [-0.2, -0.15) is 0 Å². The minimum Gasteiger partial charge on any atom is -0.465 e. The lowest BCUT2D eigenvalue weighted by molar-refractivity contribution is -0.113. The van der Waals surface area contributed by atoms with Crippen molar-refractivity contribution in [1.82, 2.24) is 14.8 Å². The second kappa shape index (κ2) is 10.6. The average Bonchev–Trinajstić information content (AvgIpc) is 3.47. The Morgan fingerprint density at radius 1 is 1.37 bits per heavy atom. The molecule has 3 aromatic heterocycles. The molecule has 0 aliphatic carbocycles. The number of nitrogens with one attached hydrogen (secondary N) is 1. The Balaban J connectivity index is 1.70. The largest absolute Gasteiger partial charge is 0.465 e. The van der Waals surface area contributed by atoms with Crippen LogP contribution in [0.4, 0.5) is 5.00 Å². The van der Waals surface area contributed by atoms with E-state index >= 15 is 0 Å². The van der Waals surface area contributed by atoms with Gasteiger partial charge < -0.3 is 10.1 Å². The molecule has 0 aromatic carbocycles. The molecule has 0 unspecified atom stereocenters. The number of esters is 1. The van der Waals surface area contributed by atoms with E-state index in [9.17, 15) is 9.59 Å². The number of amides is 1. The number of anilines is 1. The van der Waals surface area contributed by atoms with Crippen molar-refractivity contribution in [2.45, 2.75) is 31.5 Å². The molecule has 1 amide bonds. The summed E-state index contributed by atoms with van der Waals surface area (Å²) in [5, 5.41) is 16.3. The van der Waals surface area contributed by atoms with E-state index in [0.717, 1.165) is 24.2 Å². The zero-order valence-electron chi connectivity index (χ0n) is 16.7. The topological polar surface area (TPSA) is 86.1 Å². The van der Waals surface area contributed by atoms with E-state index in [1.807, 2.05) is 4.57 Å². The second-order valence-electron chi connectivity index (χ2n) is 6.25. The van der Waals surface area contributed by atoms with Crippen LogP contribution in [0.25, 0.3) is 11.4 Å². The van der Waals surface area contributed by atoms with E-state index in [1.165, 1.54) is 35.1 Å². The minimum absolute atomic E-state index is 0.137. The number of allylic oxidation sites excluding steroid dienone is 1. The Bertz CT molecular complexity index is 1040. The highest BCUT2D eigenvalue weighted by Gasteiger charge is 2.18. The van der Waals surface area contributed by atoms with Crippen LogP contribution in [-0.2, 0) is 22.5 Å². The van der Waals surface area contributed by atoms with E-state index in [4.69, 9.17) is 4.74 Å². The summed E-state index contributed by atoms with van der Waals surface area (Å²) in [6, 6.07) is 3.77. The van der Waals surface area contributed by atoms with Crippen molar-refractivity contribution in [2.75, 3.05) is 18.2 Å². The highest BCUT2D eigenvalue weighted by molar-refractivity contribution is 7.99. The van der Waals surface area contributed by atoms with Gasteiger partial charge in [-0.1, -0.05) is 31.2 Å². The number of aromatic nitrogens is 3. The summed E-state index contributed by atoms with van der Waals surface area (Å²) in [4.78, 5) is 25.5. The second-order valence-corrected chi connectivity index (χ2v) is 9.10. The van der Waals surface area contributed by atoms with Crippen molar-refractivity contribution >= 4 is 51.3 Å². The van der Waals surface area contributed by atoms with Gasteiger partial charge >= 0.3 is 5.97 Å². The maximum atomic E-state index is 12.4. The number of rotatable bonds is 10. The third-order valence-electron chi connectivity index (χ3n) is 4.09. The van der Waals surface area contributed by atoms with Gasteiger partial charge in [-0.3, -0.25) is 9.36 Å². The predicted molar refractivity (Wildman–Crippen MR) is 123 cm³/mol. The third kappa shape index (κ3) is 5.18. The van der Waals surface area contributed by atoms with Crippen LogP contribution in [0.3, 0.4) is 0 Å². The molecule has 0 aliphatic heterocycles. The molecule has 3 heterocycles. The molecule has 0 radical (unpaired) electrons. The number of thioether (sulfide) groups is 1. The van der Waals surface area contributed by atoms with Gasteiger partial charge in [0.2, 0.25) is 5.91 Å². The monoisotopic (exact) mass is 462 g/mol. The fourth-order valence-corrected chi connectivity index (χ4v) is 5.26. The van der Waals surface area contributed by atoms with Crippen LogP contribution in [0.5, 0.6) is 0 Å². The van der Waals surface area contributed by atoms with Crippen molar-refractivity contribution in [3.8, 4) is 11.4 Å². The molecule has 0 saturated heterocycles. The van der Waals surface area contributed by atoms with Gasteiger partial charge in [-0.15, -0.1) is 39.4 Å². The van der Waals surface area contributed by atoms with E-state index < -0.39 is 5.97 Å². The van der Waals surface area contributed by atoms with Crippen molar-refractivity contribution < 1.29 is 14.3 Å². The smallest absolute Gasteiger partial charge is 0.340 e. The normalized spacial score (nSPS) is 10.7. The van der Waals surface area contributed by atoms with Gasteiger partial charge in [0.05, 0.1) is 18.4 Å². The number of thiophene rings is 2. The van der Waals surface area contributed by atoms with Gasteiger partial charge in [-0.05, 0) is 23.9 Å². The zero-order valence-corrected chi connectivity index (χ0v) is 19.2. The number of nitrogens with zero attached hydrogens (tertiary/aromatic N) is 3. The quantitative estimate of drug-likeness (QED) is 0.266. The maximum Gasteiger partial charge on any atom is 0.340 e. The Hall–Kier alpha value is -2.43. The number of methoxy groups -OCH3 is 1. The molecule has 30 heavy (non-hydrogen) atoms. The molecule has 0 spiro atoms. The highest BCUT2D eigenvalue weighted by Crippen LogP contribution is 2.29. The molecule has 7 nitrogen and oxygen atoms in total. The van der Waals surface area contributed by atoms with Crippen LogP contribution in [-0.4, -0.2) is 39.5 Å². The predicted octanol–water partition coefficient (Wildman–Crippen LogP) is 4.72. The molecule has 0 bridgehead atoms. The molecule has 0 atom stereocenters. The maximum absolute atomic E-state index is 12.4. The fraction of sp³-hybridized carbons (Fsp3) is 0.300. The first-order valence-electron chi connectivity index (χ1n) is 9.27. The lowest BCUT2D eigenvalue weighted by atomic mass is 10.2. The highest BCUT2D eigenvalue weighted by atomic mass is 32.2. The Labute approximate surface area is 187 Å². The molecule has 0 aliphatic rings. The van der Waals surface area contributed by atoms with Crippen molar-refractivity contribution in [3.05, 3.63) is 46.0 Å². The molecule has 0 saturated carbocycles. The van der Waals surface area contributed by atoms with Crippen LogP contribution in [0.2, 0.25) is 0 Å². The number of carbonyl (C=O) groups is 2. The summed E-state index contributed by atoms with van der Waals surface area (Å²) in [7, 11) is 1.31. The molecule has 1 N–H and O–H groups in total. The SMILES string of the molecule is C=CCn1c(SCC(=O)Nc2sccc2C(=O)OC)nnc1-c1csc(CCC)c1. The lowest BCUT2D eigenvalue weighted by Crippen LogP contribution is -2.16. The number of carbonyl (C=O) groups excluding carboxylic acids is 2. The van der Waals surface area contributed by atoms with E-state index in [-0.39, 0.29) is 11.7 Å². The van der Waals surface area contributed by atoms with Gasteiger partial charge in [0.1, 0.15) is 5.00 Å². The lowest BCUT2D eigenvalue weighted by Gasteiger charge is -2.07. The molecular formula is C20H22N4O3S3.